The molecule has 2 N–H and O–H groups in total. The molecule has 0 spiro atoms. The summed E-state index contributed by atoms with van der Waals surface area (Å²) >= 11 is 0. The van der Waals surface area contributed by atoms with Gasteiger partial charge in [0.25, 0.3) is 0 Å². The van der Waals surface area contributed by atoms with Crippen molar-refractivity contribution in [1.82, 2.24) is 19.9 Å². The average molecular weight is 334 g/mol. The first-order chi connectivity index (χ1) is 9.33. The van der Waals surface area contributed by atoms with Crippen LogP contribution in [0.1, 0.15) is 6.42 Å². The van der Waals surface area contributed by atoms with E-state index in [1.807, 2.05) is 24.4 Å². The normalized spacial score (nSPS) is 17.6. The molecule has 9 heteroatoms. The number of carbonyl (C=O) groups excluding carboxylic acids is 1. The number of hydrogen-bond acceptors (Lipinski definition) is 5. The van der Waals surface area contributed by atoms with Gasteiger partial charge in [0.05, 0.1) is 13.2 Å². The van der Waals surface area contributed by atoms with Crippen molar-refractivity contribution in [3.8, 4) is 0 Å². The lowest BCUT2D eigenvalue weighted by Crippen LogP contribution is -2.43. The SMILES string of the molecule is Cl.Cl.O=C(CC1COCCN1)Nc1nnc2ccccn12. The highest BCUT2D eigenvalue weighted by Gasteiger charge is 2.18. The van der Waals surface area contributed by atoms with Crippen LogP contribution in [-0.2, 0) is 9.53 Å². The highest BCUT2D eigenvalue weighted by molar-refractivity contribution is 5.89. The van der Waals surface area contributed by atoms with Gasteiger partial charge in [-0.15, -0.1) is 35.0 Å². The van der Waals surface area contributed by atoms with E-state index in [1.165, 1.54) is 0 Å². The molecule has 1 amide bonds. The minimum absolute atomic E-state index is 0. The molecule has 1 saturated heterocycles. The fourth-order valence-electron chi connectivity index (χ4n) is 2.08. The molecule has 21 heavy (non-hydrogen) atoms. The number of carbonyl (C=O) groups is 1. The first-order valence-corrected chi connectivity index (χ1v) is 6.24. The first kappa shape index (κ1) is 17.6. The van der Waals surface area contributed by atoms with Gasteiger partial charge < -0.3 is 10.1 Å². The van der Waals surface area contributed by atoms with Gasteiger partial charge in [0, 0.05) is 25.2 Å². The second kappa shape index (κ2) is 8.14. The van der Waals surface area contributed by atoms with Crippen LogP contribution >= 0.6 is 24.8 Å². The number of anilines is 1. The van der Waals surface area contributed by atoms with Crippen molar-refractivity contribution in [3.05, 3.63) is 24.4 Å². The number of nitrogens with zero attached hydrogens (tertiary/aromatic N) is 3. The zero-order valence-corrected chi connectivity index (χ0v) is 12.8. The largest absolute Gasteiger partial charge is 0.378 e. The van der Waals surface area contributed by atoms with E-state index in [-0.39, 0.29) is 36.8 Å². The molecule has 3 heterocycles. The predicted molar refractivity (Wildman–Crippen MR) is 83.3 cm³/mol. The molecule has 0 aromatic carbocycles. The zero-order valence-electron chi connectivity index (χ0n) is 11.2. The summed E-state index contributed by atoms with van der Waals surface area (Å²) in [5, 5.41) is 13.9. The number of morpholine rings is 1. The summed E-state index contributed by atoms with van der Waals surface area (Å²) in [6.45, 7) is 2.05. The van der Waals surface area contributed by atoms with Gasteiger partial charge in [-0.25, -0.2) is 0 Å². The van der Waals surface area contributed by atoms with E-state index in [1.54, 1.807) is 4.40 Å². The summed E-state index contributed by atoms with van der Waals surface area (Å²) in [5.74, 6) is 0.346. The zero-order chi connectivity index (χ0) is 13.1. The lowest BCUT2D eigenvalue weighted by molar-refractivity contribution is -0.117. The summed E-state index contributed by atoms with van der Waals surface area (Å²) < 4.78 is 7.05. The molecule has 7 nitrogen and oxygen atoms in total. The number of halogens is 2. The molecule has 1 aliphatic heterocycles. The van der Waals surface area contributed by atoms with E-state index in [9.17, 15) is 4.79 Å². The first-order valence-electron chi connectivity index (χ1n) is 6.24. The lowest BCUT2D eigenvalue weighted by Gasteiger charge is -2.22. The van der Waals surface area contributed by atoms with Crippen LogP contribution in [0.25, 0.3) is 5.65 Å². The minimum atomic E-state index is -0.0962. The van der Waals surface area contributed by atoms with Crippen molar-refractivity contribution >= 4 is 42.3 Å². The molecule has 1 fully saturated rings. The Kier molecular flexibility index (Phi) is 6.83. The van der Waals surface area contributed by atoms with E-state index in [0.29, 0.717) is 31.2 Å². The van der Waals surface area contributed by atoms with Crippen molar-refractivity contribution < 1.29 is 9.53 Å². The van der Waals surface area contributed by atoms with Crippen molar-refractivity contribution in [1.29, 1.82) is 0 Å². The maximum absolute atomic E-state index is 11.9. The van der Waals surface area contributed by atoms with Gasteiger partial charge in [0.15, 0.2) is 5.65 Å². The van der Waals surface area contributed by atoms with Crippen molar-refractivity contribution in [3.63, 3.8) is 0 Å². The van der Waals surface area contributed by atoms with E-state index >= 15 is 0 Å². The summed E-state index contributed by atoms with van der Waals surface area (Å²) in [5.41, 5.74) is 0.705. The van der Waals surface area contributed by atoms with Gasteiger partial charge in [0.1, 0.15) is 0 Å². The number of pyridine rings is 1. The fraction of sp³-hybridized carbons (Fsp3) is 0.417. The predicted octanol–water partition coefficient (Wildman–Crippen LogP) is 0.890. The van der Waals surface area contributed by atoms with Crippen LogP contribution in [0, 0.1) is 0 Å². The molecule has 3 rings (SSSR count). The van der Waals surface area contributed by atoms with Gasteiger partial charge >= 0.3 is 0 Å². The van der Waals surface area contributed by atoms with Crippen LogP contribution in [0.2, 0.25) is 0 Å². The molecule has 0 bridgehead atoms. The standard InChI is InChI=1S/C12H15N5O2.2ClH/c18-11(7-9-8-19-6-4-13-9)14-12-16-15-10-3-1-2-5-17(10)12;;/h1-3,5,9,13H,4,6-8H2,(H,14,16,18);2*1H. The fourth-order valence-corrected chi connectivity index (χ4v) is 2.08. The maximum atomic E-state index is 11.9. The Morgan fingerprint density at radius 2 is 2.29 bits per heavy atom. The number of fused-ring (bicyclic) bond motifs is 1. The van der Waals surface area contributed by atoms with Crippen LogP contribution in [0.5, 0.6) is 0 Å². The van der Waals surface area contributed by atoms with Gasteiger partial charge in [0.2, 0.25) is 11.9 Å². The van der Waals surface area contributed by atoms with Gasteiger partial charge in [-0.1, -0.05) is 6.07 Å². The number of nitrogens with one attached hydrogen (secondary N) is 2. The van der Waals surface area contributed by atoms with Crippen LogP contribution in [0.15, 0.2) is 24.4 Å². The van der Waals surface area contributed by atoms with Crippen molar-refractivity contribution in [2.45, 2.75) is 12.5 Å². The molecular weight excluding hydrogens is 317 g/mol. The topological polar surface area (TPSA) is 80.5 Å². The Balaban J connectivity index is 0.00000110. The van der Waals surface area contributed by atoms with Crippen molar-refractivity contribution in [2.24, 2.45) is 0 Å². The summed E-state index contributed by atoms with van der Waals surface area (Å²) in [6.07, 6.45) is 2.18. The second-order valence-corrected chi connectivity index (χ2v) is 4.43. The Hall–Kier alpha value is -1.41. The number of ether oxygens (including phenoxy) is 1. The number of rotatable bonds is 3. The van der Waals surface area contributed by atoms with Crippen LogP contribution in [0.4, 0.5) is 5.95 Å². The Morgan fingerprint density at radius 1 is 1.43 bits per heavy atom. The smallest absolute Gasteiger partial charge is 0.235 e. The molecule has 1 atom stereocenters. The van der Waals surface area contributed by atoms with Crippen LogP contribution in [-0.4, -0.2) is 46.3 Å². The second-order valence-electron chi connectivity index (χ2n) is 4.43. The molecule has 116 valence electrons. The molecule has 1 unspecified atom stereocenters. The third-order valence-corrected chi connectivity index (χ3v) is 3.00. The third-order valence-electron chi connectivity index (χ3n) is 3.00. The monoisotopic (exact) mass is 333 g/mol. The van der Waals surface area contributed by atoms with Crippen molar-refractivity contribution in [2.75, 3.05) is 25.1 Å². The third kappa shape index (κ3) is 4.28. The van der Waals surface area contributed by atoms with Gasteiger partial charge in [-0.2, -0.15) is 0 Å². The Morgan fingerprint density at radius 3 is 3.05 bits per heavy atom. The molecule has 0 radical (unpaired) electrons. The number of amides is 1. The molecule has 2 aromatic rings. The van der Waals surface area contributed by atoms with E-state index in [2.05, 4.69) is 20.8 Å². The average Bonchev–Trinajstić information content (AvgIpc) is 2.83. The maximum Gasteiger partial charge on any atom is 0.235 e. The van der Waals surface area contributed by atoms with Gasteiger partial charge in [-0.3, -0.25) is 14.5 Å². The summed E-state index contributed by atoms with van der Waals surface area (Å²) in [6, 6.07) is 5.63. The quantitative estimate of drug-likeness (QED) is 0.871. The Bertz CT molecular complexity index is 586. The number of hydrogen-bond donors (Lipinski definition) is 2. The molecular formula is C12H17Cl2N5O2. The van der Waals surface area contributed by atoms with E-state index in [0.717, 1.165) is 6.54 Å². The van der Waals surface area contributed by atoms with E-state index in [4.69, 9.17) is 4.74 Å². The van der Waals surface area contributed by atoms with Gasteiger partial charge in [-0.05, 0) is 12.1 Å². The van der Waals surface area contributed by atoms with Crippen LogP contribution < -0.4 is 10.6 Å². The molecule has 0 aliphatic carbocycles. The molecule has 2 aromatic heterocycles. The summed E-state index contributed by atoms with van der Waals surface area (Å²) in [7, 11) is 0. The highest BCUT2D eigenvalue weighted by atomic mass is 35.5. The highest BCUT2D eigenvalue weighted by Crippen LogP contribution is 2.08. The Labute approximate surface area is 134 Å². The summed E-state index contributed by atoms with van der Waals surface area (Å²) in [4.78, 5) is 11.9. The van der Waals surface area contributed by atoms with Crippen LogP contribution in [0.3, 0.4) is 0 Å². The van der Waals surface area contributed by atoms with E-state index < -0.39 is 0 Å². The molecule has 0 saturated carbocycles. The lowest BCUT2D eigenvalue weighted by atomic mass is 10.2. The number of aromatic nitrogens is 3. The molecule has 1 aliphatic rings. The minimum Gasteiger partial charge on any atom is -0.378 e.